The Balaban J connectivity index is 2.12. The van der Waals surface area contributed by atoms with Crippen LogP contribution < -0.4 is 0 Å². The van der Waals surface area contributed by atoms with Crippen LogP contribution in [0.5, 0.6) is 0 Å². The van der Waals surface area contributed by atoms with Crippen LogP contribution in [0.1, 0.15) is 17.5 Å². The zero-order chi connectivity index (χ0) is 10.7. The largest absolute Gasteiger partial charge is 0.396 e. The summed E-state index contributed by atoms with van der Waals surface area (Å²) in [5, 5.41) is 9.47. The lowest BCUT2D eigenvalue weighted by Crippen LogP contribution is -2.28. The fourth-order valence-electron chi connectivity index (χ4n) is 2.22. The molecule has 82 valence electrons. The summed E-state index contributed by atoms with van der Waals surface area (Å²) in [5.74, 6) is 0. The van der Waals surface area contributed by atoms with Gasteiger partial charge in [-0.05, 0) is 25.3 Å². The molecule has 0 spiro atoms. The second-order valence-electron chi connectivity index (χ2n) is 4.63. The molecule has 2 nitrogen and oxygen atoms in total. The molecule has 2 rings (SSSR count). The molecule has 0 aliphatic carbocycles. The molecule has 1 aliphatic rings. The third kappa shape index (κ3) is 2.39. The molecule has 1 aliphatic heterocycles. The summed E-state index contributed by atoms with van der Waals surface area (Å²) in [6.45, 7) is 3.80. The maximum absolute atomic E-state index is 9.47. The first kappa shape index (κ1) is 10.7. The highest BCUT2D eigenvalue weighted by atomic mass is 16.5. The molecule has 1 N–H and O–H groups in total. The van der Waals surface area contributed by atoms with Crippen molar-refractivity contribution in [3.05, 3.63) is 35.4 Å². The predicted octanol–water partition coefficient (Wildman–Crippen LogP) is 1.94. The van der Waals surface area contributed by atoms with Crippen molar-refractivity contribution < 1.29 is 9.84 Å². The average molecular weight is 206 g/mol. The van der Waals surface area contributed by atoms with Gasteiger partial charge in [-0.2, -0.15) is 0 Å². The van der Waals surface area contributed by atoms with Crippen molar-refractivity contribution in [2.45, 2.75) is 19.8 Å². The maximum atomic E-state index is 9.47. The molecule has 1 heterocycles. The van der Waals surface area contributed by atoms with E-state index >= 15 is 0 Å². The molecule has 1 fully saturated rings. The van der Waals surface area contributed by atoms with Crippen LogP contribution in [0, 0.1) is 12.3 Å². The zero-order valence-corrected chi connectivity index (χ0v) is 9.20. The van der Waals surface area contributed by atoms with E-state index in [1.165, 1.54) is 11.1 Å². The summed E-state index contributed by atoms with van der Waals surface area (Å²) >= 11 is 0. The van der Waals surface area contributed by atoms with Crippen molar-refractivity contribution in [2.24, 2.45) is 5.41 Å². The van der Waals surface area contributed by atoms with Gasteiger partial charge < -0.3 is 9.84 Å². The van der Waals surface area contributed by atoms with E-state index in [2.05, 4.69) is 31.2 Å². The van der Waals surface area contributed by atoms with E-state index in [0.29, 0.717) is 6.61 Å². The molecule has 0 aromatic heterocycles. The monoisotopic (exact) mass is 206 g/mol. The van der Waals surface area contributed by atoms with Gasteiger partial charge >= 0.3 is 0 Å². The first-order valence-corrected chi connectivity index (χ1v) is 5.48. The second-order valence-corrected chi connectivity index (χ2v) is 4.63. The van der Waals surface area contributed by atoms with E-state index < -0.39 is 0 Å². The van der Waals surface area contributed by atoms with Crippen LogP contribution in [0.4, 0.5) is 0 Å². The third-order valence-electron chi connectivity index (χ3n) is 3.18. The Morgan fingerprint density at radius 1 is 1.47 bits per heavy atom. The Bertz CT molecular complexity index is 327. The van der Waals surface area contributed by atoms with Crippen LogP contribution in [0.2, 0.25) is 0 Å². The third-order valence-corrected chi connectivity index (χ3v) is 3.18. The van der Waals surface area contributed by atoms with Gasteiger partial charge in [-0.25, -0.2) is 0 Å². The molecule has 1 saturated heterocycles. The number of aliphatic hydroxyl groups excluding tert-OH is 1. The van der Waals surface area contributed by atoms with Gasteiger partial charge in [0.1, 0.15) is 0 Å². The summed E-state index contributed by atoms with van der Waals surface area (Å²) in [6, 6.07) is 8.49. The molecule has 1 aromatic rings. The number of aliphatic hydroxyl groups is 1. The Labute approximate surface area is 90.9 Å². The van der Waals surface area contributed by atoms with Gasteiger partial charge in [-0.15, -0.1) is 0 Å². The van der Waals surface area contributed by atoms with E-state index in [1.807, 2.05) is 0 Å². The highest BCUT2D eigenvalue weighted by molar-refractivity contribution is 5.23. The Hall–Kier alpha value is -0.860. The van der Waals surface area contributed by atoms with Gasteiger partial charge in [-0.3, -0.25) is 0 Å². The normalized spacial score (nSPS) is 25.7. The van der Waals surface area contributed by atoms with Crippen molar-refractivity contribution >= 4 is 0 Å². The minimum absolute atomic E-state index is 0.0339. The quantitative estimate of drug-likeness (QED) is 0.819. The highest BCUT2D eigenvalue weighted by Crippen LogP contribution is 2.32. The van der Waals surface area contributed by atoms with E-state index in [4.69, 9.17) is 4.74 Å². The second kappa shape index (κ2) is 4.33. The average Bonchev–Trinajstić information content (AvgIpc) is 2.67. The van der Waals surface area contributed by atoms with Gasteiger partial charge in [-0.1, -0.05) is 29.8 Å². The first-order valence-electron chi connectivity index (χ1n) is 5.48. The number of benzene rings is 1. The van der Waals surface area contributed by atoms with Crippen LogP contribution in [0.3, 0.4) is 0 Å². The number of ether oxygens (including phenoxy) is 1. The van der Waals surface area contributed by atoms with Crippen molar-refractivity contribution in [3.63, 3.8) is 0 Å². The fourth-order valence-corrected chi connectivity index (χ4v) is 2.22. The molecule has 0 bridgehead atoms. The Kier molecular flexibility index (Phi) is 3.08. The Morgan fingerprint density at radius 2 is 2.33 bits per heavy atom. The summed E-state index contributed by atoms with van der Waals surface area (Å²) < 4.78 is 5.39. The molecule has 15 heavy (non-hydrogen) atoms. The van der Waals surface area contributed by atoms with Crippen molar-refractivity contribution in [2.75, 3.05) is 19.8 Å². The topological polar surface area (TPSA) is 29.5 Å². The van der Waals surface area contributed by atoms with E-state index in [0.717, 1.165) is 19.4 Å². The van der Waals surface area contributed by atoms with Crippen LogP contribution in [-0.4, -0.2) is 24.9 Å². The zero-order valence-electron chi connectivity index (χ0n) is 9.20. The summed E-state index contributed by atoms with van der Waals surface area (Å²) in [6.07, 6.45) is 1.89. The molecule has 0 amide bonds. The maximum Gasteiger partial charge on any atom is 0.0548 e. The lowest BCUT2D eigenvalue weighted by atomic mass is 9.81. The number of rotatable bonds is 3. The number of hydrogen-bond donors (Lipinski definition) is 1. The molecule has 1 atom stereocenters. The molecule has 1 aromatic carbocycles. The van der Waals surface area contributed by atoms with Crippen molar-refractivity contribution in [1.82, 2.24) is 0 Å². The van der Waals surface area contributed by atoms with Crippen molar-refractivity contribution in [1.29, 1.82) is 0 Å². The van der Waals surface area contributed by atoms with Crippen LogP contribution >= 0.6 is 0 Å². The van der Waals surface area contributed by atoms with Crippen LogP contribution in [0.25, 0.3) is 0 Å². The standard InChI is InChI=1S/C13H18O2/c1-11-3-2-4-12(7-11)8-13(9-14)5-6-15-10-13/h2-4,7,14H,5-6,8-10H2,1H3. The predicted molar refractivity (Wildman–Crippen MR) is 59.8 cm³/mol. The minimum atomic E-state index is -0.0339. The van der Waals surface area contributed by atoms with Gasteiger partial charge in [0, 0.05) is 12.0 Å². The fraction of sp³-hybridized carbons (Fsp3) is 0.538. The molecular weight excluding hydrogens is 188 g/mol. The molecular formula is C13H18O2. The minimum Gasteiger partial charge on any atom is -0.396 e. The molecule has 1 unspecified atom stereocenters. The van der Waals surface area contributed by atoms with E-state index in [1.54, 1.807) is 0 Å². The van der Waals surface area contributed by atoms with Gasteiger partial charge in [0.05, 0.1) is 13.2 Å². The summed E-state index contributed by atoms with van der Waals surface area (Å²) in [7, 11) is 0. The SMILES string of the molecule is Cc1cccc(CC2(CO)CCOC2)c1. The number of hydrogen-bond acceptors (Lipinski definition) is 2. The Morgan fingerprint density at radius 3 is 2.93 bits per heavy atom. The van der Waals surface area contributed by atoms with E-state index in [9.17, 15) is 5.11 Å². The van der Waals surface area contributed by atoms with Gasteiger partial charge in [0.15, 0.2) is 0 Å². The first-order chi connectivity index (χ1) is 7.24. The van der Waals surface area contributed by atoms with Crippen LogP contribution in [0.15, 0.2) is 24.3 Å². The smallest absolute Gasteiger partial charge is 0.0548 e. The summed E-state index contributed by atoms with van der Waals surface area (Å²) in [4.78, 5) is 0. The van der Waals surface area contributed by atoms with Gasteiger partial charge in [0.2, 0.25) is 0 Å². The number of aryl methyl sites for hydroxylation is 1. The highest BCUT2D eigenvalue weighted by Gasteiger charge is 2.34. The molecule has 2 heteroatoms. The van der Waals surface area contributed by atoms with Crippen molar-refractivity contribution in [3.8, 4) is 0 Å². The lowest BCUT2D eigenvalue weighted by Gasteiger charge is -2.24. The molecule has 0 saturated carbocycles. The lowest BCUT2D eigenvalue weighted by molar-refractivity contribution is 0.0935. The summed E-state index contributed by atoms with van der Waals surface area (Å²) in [5.41, 5.74) is 2.54. The molecule has 0 radical (unpaired) electrons. The van der Waals surface area contributed by atoms with E-state index in [-0.39, 0.29) is 12.0 Å². The van der Waals surface area contributed by atoms with Crippen LogP contribution in [-0.2, 0) is 11.2 Å². The van der Waals surface area contributed by atoms with Gasteiger partial charge in [0.25, 0.3) is 0 Å².